The van der Waals surface area contributed by atoms with Gasteiger partial charge in [0.1, 0.15) is 24.0 Å². The second kappa shape index (κ2) is 9.71. The lowest BCUT2D eigenvalue weighted by atomic mass is 10.1. The van der Waals surface area contributed by atoms with Crippen molar-refractivity contribution in [1.29, 1.82) is 5.26 Å². The quantitative estimate of drug-likeness (QED) is 0.257. The van der Waals surface area contributed by atoms with Crippen molar-refractivity contribution < 1.29 is 9.53 Å². The summed E-state index contributed by atoms with van der Waals surface area (Å²) < 4.78 is 8.85. The Balaban J connectivity index is 2.23. The molecule has 26 heavy (non-hydrogen) atoms. The van der Waals surface area contributed by atoms with Crippen LogP contribution in [0.3, 0.4) is 0 Å². The van der Waals surface area contributed by atoms with E-state index >= 15 is 0 Å². The third kappa shape index (κ3) is 5.69. The highest BCUT2D eigenvalue weighted by molar-refractivity contribution is 14.1. The number of hydrogen-bond donors (Lipinski definition) is 0. The summed E-state index contributed by atoms with van der Waals surface area (Å²) in [4.78, 5) is 13.4. The maximum Gasteiger partial charge on any atom is 0.264 e. The molecular formula is C19H15BrI2N2O2. The number of rotatable bonds is 5. The van der Waals surface area contributed by atoms with Crippen LogP contribution < -0.4 is 4.74 Å². The summed E-state index contributed by atoms with van der Waals surface area (Å²) in [7, 11) is 3.25. The molecule has 7 heteroatoms. The Hall–Kier alpha value is -1.12. The van der Waals surface area contributed by atoms with Gasteiger partial charge in [-0.15, -0.1) is 0 Å². The molecule has 0 aliphatic rings. The van der Waals surface area contributed by atoms with E-state index in [4.69, 9.17) is 4.74 Å². The van der Waals surface area contributed by atoms with Gasteiger partial charge in [-0.25, -0.2) is 0 Å². The predicted octanol–water partition coefficient (Wildman–Crippen LogP) is 5.23. The summed E-state index contributed by atoms with van der Waals surface area (Å²) in [5.74, 6) is 0.483. The average molecular weight is 637 g/mol. The number of hydrogen-bond acceptors (Lipinski definition) is 3. The molecule has 4 nitrogen and oxygen atoms in total. The summed E-state index contributed by atoms with van der Waals surface area (Å²) in [6.07, 6.45) is 1.60. The standard InChI is InChI=1S/C19H15BrI2N2O2/c1-24(2)19(25)14(10-23)7-13-8-16(21)18(17(22)9-13)26-11-12-3-5-15(20)6-4-12/h3-9H,11H2,1-2H3/b14-7-. The van der Waals surface area contributed by atoms with Crippen molar-refractivity contribution in [1.82, 2.24) is 4.90 Å². The number of nitriles is 1. The van der Waals surface area contributed by atoms with Gasteiger partial charge in [0.15, 0.2) is 0 Å². The molecule has 0 spiro atoms. The Morgan fingerprint density at radius 2 is 1.81 bits per heavy atom. The van der Waals surface area contributed by atoms with E-state index in [0.717, 1.165) is 28.5 Å². The van der Waals surface area contributed by atoms with E-state index in [1.165, 1.54) is 4.90 Å². The fourth-order valence-corrected chi connectivity index (χ4v) is 4.48. The van der Waals surface area contributed by atoms with Crippen LogP contribution in [0.15, 0.2) is 46.4 Å². The minimum atomic E-state index is -0.312. The van der Waals surface area contributed by atoms with Gasteiger partial charge in [-0.05, 0) is 86.7 Å². The highest BCUT2D eigenvalue weighted by Crippen LogP contribution is 2.30. The zero-order chi connectivity index (χ0) is 19.3. The smallest absolute Gasteiger partial charge is 0.264 e. The number of likely N-dealkylation sites (N-methyl/N-ethyl adjacent to an activating group) is 1. The third-order valence-corrected chi connectivity index (χ3v) is 5.52. The van der Waals surface area contributed by atoms with E-state index in [2.05, 4.69) is 61.1 Å². The zero-order valence-corrected chi connectivity index (χ0v) is 20.0. The molecule has 2 aromatic rings. The van der Waals surface area contributed by atoms with Crippen LogP contribution in [0.25, 0.3) is 6.08 Å². The van der Waals surface area contributed by atoms with Crippen LogP contribution in [0.2, 0.25) is 0 Å². The number of carbonyl (C=O) groups excluding carboxylic acids is 1. The normalized spacial score (nSPS) is 11.0. The largest absolute Gasteiger partial charge is 0.487 e. The van der Waals surface area contributed by atoms with Gasteiger partial charge in [0, 0.05) is 18.6 Å². The molecule has 0 atom stereocenters. The molecule has 0 heterocycles. The van der Waals surface area contributed by atoms with Crippen LogP contribution in [0.1, 0.15) is 11.1 Å². The highest BCUT2D eigenvalue weighted by Gasteiger charge is 2.13. The van der Waals surface area contributed by atoms with Crippen LogP contribution in [-0.4, -0.2) is 24.9 Å². The van der Waals surface area contributed by atoms with Crippen molar-refractivity contribution in [2.75, 3.05) is 14.1 Å². The van der Waals surface area contributed by atoms with Gasteiger partial charge in [-0.3, -0.25) is 4.79 Å². The number of amides is 1. The van der Waals surface area contributed by atoms with E-state index in [1.54, 1.807) is 20.2 Å². The van der Waals surface area contributed by atoms with Crippen LogP contribution in [0, 0.1) is 18.5 Å². The molecular weight excluding hydrogens is 622 g/mol. The molecule has 0 unspecified atom stereocenters. The van der Waals surface area contributed by atoms with E-state index < -0.39 is 0 Å². The highest BCUT2D eigenvalue weighted by atomic mass is 127. The Morgan fingerprint density at radius 3 is 2.31 bits per heavy atom. The minimum Gasteiger partial charge on any atom is -0.487 e. The molecule has 0 radical (unpaired) electrons. The lowest BCUT2D eigenvalue weighted by Gasteiger charge is -2.12. The Kier molecular flexibility index (Phi) is 7.91. The summed E-state index contributed by atoms with van der Waals surface area (Å²) >= 11 is 7.83. The van der Waals surface area contributed by atoms with Crippen molar-refractivity contribution in [3.8, 4) is 11.8 Å². The number of nitrogens with zero attached hydrogens (tertiary/aromatic N) is 2. The topological polar surface area (TPSA) is 53.3 Å². The van der Waals surface area contributed by atoms with E-state index in [1.807, 2.05) is 42.5 Å². The van der Waals surface area contributed by atoms with Gasteiger partial charge in [0.2, 0.25) is 0 Å². The van der Waals surface area contributed by atoms with Crippen LogP contribution >= 0.6 is 61.1 Å². The monoisotopic (exact) mass is 636 g/mol. The lowest BCUT2D eigenvalue weighted by molar-refractivity contribution is -0.124. The van der Waals surface area contributed by atoms with E-state index in [0.29, 0.717) is 6.61 Å². The van der Waals surface area contributed by atoms with E-state index in [9.17, 15) is 10.1 Å². The molecule has 0 aliphatic heterocycles. The van der Waals surface area contributed by atoms with Gasteiger partial charge in [0.05, 0.1) is 7.14 Å². The first-order valence-corrected chi connectivity index (χ1v) is 10.5. The van der Waals surface area contributed by atoms with Gasteiger partial charge in [0.25, 0.3) is 5.91 Å². The second-order valence-corrected chi connectivity index (χ2v) is 8.84. The number of halogens is 3. The Bertz CT molecular complexity index is 864. The van der Waals surface area contributed by atoms with Gasteiger partial charge in [-0.1, -0.05) is 28.1 Å². The maximum atomic E-state index is 12.0. The maximum absolute atomic E-state index is 12.0. The molecule has 134 valence electrons. The number of carbonyl (C=O) groups is 1. The molecule has 0 aliphatic carbocycles. The first kappa shape index (κ1) is 21.2. The fraction of sp³-hybridized carbons (Fsp3) is 0.158. The van der Waals surface area contributed by atoms with Crippen LogP contribution in [0.4, 0.5) is 0 Å². The molecule has 0 saturated heterocycles. The summed E-state index contributed by atoms with van der Waals surface area (Å²) in [6, 6.07) is 13.7. The second-order valence-electron chi connectivity index (χ2n) is 5.60. The van der Waals surface area contributed by atoms with Crippen LogP contribution in [0.5, 0.6) is 5.75 Å². The third-order valence-electron chi connectivity index (χ3n) is 3.39. The molecule has 0 aromatic heterocycles. The average Bonchev–Trinajstić information content (AvgIpc) is 2.59. The molecule has 2 aromatic carbocycles. The van der Waals surface area contributed by atoms with Gasteiger partial charge in [-0.2, -0.15) is 5.26 Å². The first-order chi connectivity index (χ1) is 12.3. The first-order valence-electron chi connectivity index (χ1n) is 7.51. The SMILES string of the molecule is CN(C)C(=O)/C(C#N)=C\c1cc(I)c(OCc2ccc(Br)cc2)c(I)c1. The predicted molar refractivity (Wildman–Crippen MR) is 123 cm³/mol. The minimum absolute atomic E-state index is 0.102. The molecule has 0 saturated carbocycles. The summed E-state index contributed by atoms with van der Waals surface area (Å²) in [6.45, 7) is 0.469. The lowest BCUT2D eigenvalue weighted by Crippen LogP contribution is -2.22. The zero-order valence-electron chi connectivity index (χ0n) is 14.1. The van der Waals surface area contributed by atoms with Crippen molar-refractivity contribution >= 4 is 73.1 Å². The van der Waals surface area contributed by atoms with Crippen molar-refractivity contribution in [2.24, 2.45) is 0 Å². The van der Waals surface area contributed by atoms with Gasteiger partial charge < -0.3 is 9.64 Å². The molecule has 1 amide bonds. The van der Waals surface area contributed by atoms with E-state index in [-0.39, 0.29) is 11.5 Å². The van der Waals surface area contributed by atoms with Crippen molar-refractivity contribution in [3.63, 3.8) is 0 Å². The van der Waals surface area contributed by atoms with Crippen LogP contribution in [-0.2, 0) is 11.4 Å². The molecule has 0 bridgehead atoms. The summed E-state index contributed by atoms with van der Waals surface area (Å²) in [5.41, 5.74) is 1.97. The molecule has 0 fully saturated rings. The Labute approximate surface area is 188 Å². The molecule has 2 rings (SSSR count). The van der Waals surface area contributed by atoms with Crippen molar-refractivity contribution in [2.45, 2.75) is 6.61 Å². The summed E-state index contributed by atoms with van der Waals surface area (Å²) in [5, 5.41) is 9.23. The number of ether oxygens (including phenoxy) is 1. The Morgan fingerprint density at radius 1 is 1.23 bits per heavy atom. The van der Waals surface area contributed by atoms with Gasteiger partial charge >= 0.3 is 0 Å². The van der Waals surface area contributed by atoms with Crippen molar-refractivity contribution in [3.05, 3.63) is 64.7 Å². The number of benzene rings is 2. The molecule has 0 N–H and O–H groups in total. The fourth-order valence-electron chi connectivity index (χ4n) is 2.09.